The van der Waals surface area contributed by atoms with Crippen LogP contribution in [0.3, 0.4) is 0 Å². The summed E-state index contributed by atoms with van der Waals surface area (Å²) in [5, 5.41) is 3.59. The molecule has 0 saturated heterocycles. The van der Waals surface area contributed by atoms with Gasteiger partial charge in [0.05, 0.1) is 6.61 Å². The van der Waals surface area contributed by atoms with Gasteiger partial charge in [-0.1, -0.05) is 6.92 Å². The van der Waals surface area contributed by atoms with E-state index in [0.717, 1.165) is 19.2 Å². The summed E-state index contributed by atoms with van der Waals surface area (Å²) in [5.41, 5.74) is 0. The van der Waals surface area contributed by atoms with E-state index in [4.69, 9.17) is 4.74 Å². The second kappa shape index (κ2) is 8.89. The highest BCUT2D eigenvalue weighted by atomic mass is 16.5. The van der Waals surface area contributed by atoms with Crippen molar-refractivity contribution in [1.82, 2.24) is 10.2 Å². The number of nitrogens with zero attached hydrogens (tertiary/aromatic N) is 1. The largest absolute Gasteiger partial charge is 0.383 e. The lowest BCUT2D eigenvalue weighted by molar-refractivity contribution is 0.0899. The predicted octanol–water partition coefficient (Wildman–Crippen LogP) is 2.65. The molecule has 0 amide bonds. The molecule has 18 heavy (non-hydrogen) atoms. The first-order valence-electron chi connectivity index (χ1n) is 7.67. The van der Waals surface area contributed by atoms with Crippen LogP contribution in [0.4, 0.5) is 0 Å². The van der Waals surface area contributed by atoms with Crippen molar-refractivity contribution in [2.75, 3.05) is 26.8 Å². The number of rotatable bonds is 11. The molecule has 0 aliphatic heterocycles. The number of methoxy groups -OCH3 is 1. The van der Waals surface area contributed by atoms with Crippen LogP contribution in [0, 0.1) is 0 Å². The molecule has 0 bridgehead atoms. The van der Waals surface area contributed by atoms with Crippen LogP contribution in [0.1, 0.15) is 52.9 Å². The van der Waals surface area contributed by atoms with Gasteiger partial charge in [-0.25, -0.2) is 0 Å². The second-order valence-electron chi connectivity index (χ2n) is 5.71. The van der Waals surface area contributed by atoms with Crippen LogP contribution >= 0.6 is 0 Å². The van der Waals surface area contributed by atoms with Crippen LogP contribution in [0.15, 0.2) is 0 Å². The molecule has 3 nitrogen and oxygen atoms in total. The van der Waals surface area contributed by atoms with Crippen LogP contribution in [0.5, 0.6) is 0 Å². The average molecular weight is 256 g/mol. The van der Waals surface area contributed by atoms with Crippen LogP contribution in [-0.2, 0) is 4.74 Å². The van der Waals surface area contributed by atoms with Crippen LogP contribution in [-0.4, -0.2) is 49.8 Å². The van der Waals surface area contributed by atoms with Crippen LogP contribution in [0.25, 0.3) is 0 Å². The van der Waals surface area contributed by atoms with Crippen molar-refractivity contribution in [3.05, 3.63) is 0 Å². The van der Waals surface area contributed by atoms with Gasteiger partial charge in [0.15, 0.2) is 0 Å². The summed E-state index contributed by atoms with van der Waals surface area (Å²) in [5.74, 6) is 0. The quantitative estimate of drug-likeness (QED) is 0.575. The van der Waals surface area contributed by atoms with E-state index in [1.54, 1.807) is 7.11 Å². The Morgan fingerprint density at radius 1 is 1.28 bits per heavy atom. The van der Waals surface area contributed by atoms with E-state index in [2.05, 4.69) is 31.0 Å². The second-order valence-corrected chi connectivity index (χ2v) is 5.71. The number of nitrogens with one attached hydrogen (secondary N) is 1. The standard InChI is InChI=1S/C15H32N2O/c1-5-13(2)17(11-12-18-4)14(3)7-6-10-16-15-8-9-15/h13-16H,5-12H2,1-4H3. The molecule has 0 spiro atoms. The van der Waals surface area contributed by atoms with E-state index < -0.39 is 0 Å². The highest BCUT2D eigenvalue weighted by Crippen LogP contribution is 2.19. The molecule has 0 aromatic heterocycles. The van der Waals surface area contributed by atoms with Gasteiger partial charge in [0.2, 0.25) is 0 Å². The fourth-order valence-electron chi connectivity index (χ4n) is 2.46. The maximum Gasteiger partial charge on any atom is 0.0589 e. The number of hydrogen-bond acceptors (Lipinski definition) is 3. The molecule has 1 fully saturated rings. The SMILES string of the molecule is CCC(C)N(CCOC)C(C)CCCNC1CC1. The average Bonchev–Trinajstić information content (AvgIpc) is 3.18. The minimum absolute atomic E-state index is 0.659. The van der Waals surface area contributed by atoms with Gasteiger partial charge in [-0.05, 0) is 52.5 Å². The van der Waals surface area contributed by atoms with Crippen molar-refractivity contribution in [2.24, 2.45) is 0 Å². The van der Waals surface area contributed by atoms with Crippen molar-refractivity contribution >= 4 is 0 Å². The van der Waals surface area contributed by atoms with E-state index in [9.17, 15) is 0 Å². The Balaban J connectivity index is 2.20. The Morgan fingerprint density at radius 3 is 2.56 bits per heavy atom. The van der Waals surface area contributed by atoms with Crippen molar-refractivity contribution in [3.63, 3.8) is 0 Å². The fourth-order valence-corrected chi connectivity index (χ4v) is 2.46. The topological polar surface area (TPSA) is 24.5 Å². The van der Waals surface area contributed by atoms with E-state index in [-0.39, 0.29) is 0 Å². The summed E-state index contributed by atoms with van der Waals surface area (Å²) in [6, 6.07) is 2.17. The zero-order chi connectivity index (χ0) is 13.4. The summed E-state index contributed by atoms with van der Waals surface area (Å²) in [6.07, 6.45) is 6.57. The van der Waals surface area contributed by atoms with Crippen LogP contribution < -0.4 is 5.32 Å². The maximum absolute atomic E-state index is 5.23. The number of ether oxygens (including phenoxy) is 1. The van der Waals surface area contributed by atoms with Crippen molar-refractivity contribution in [3.8, 4) is 0 Å². The molecule has 1 saturated carbocycles. The first kappa shape index (κ1) is 15.9. The molecule has 1 aliphatic rings. The highest BCUT2D eigenvalue weighted by molar-refractivity contribution is 4.81. The smallest absolute Gasteiger partial charge is 0.0589 e. The zero-order valence-corrected chi connectivity index (χ0v) is 12.7. The van der Waals surface area contributed by atoms with Gasteiger partial charge in [0.1, 0.15) is 0 Å². The first-order chi connectivity index (χ1) is 8.69. The molecule has 0 radical (unpaired) electrons. The van der Waals surface area contributed by atoms with E-state index in [1.165, 1.54) is 38.6 Å². The molecule has 1 rings (SSSR count). The lowest BCUT2D eigenvalue weighted by atomic mass is 10.1. The van der Waals surface area contributed by atoms with Gasteiger partial charge in [-0.3, -0.25) is 4.90 Å². The molecule has 1 aliphatic carbocycles. The number of hydrogen-bond donors (Lipinski definition) is 1. The summed E-state index contributed by atoms with van der Waals surface area (Å²) in [7, 11) is 1.79. The third kappa shape index (κ3) is 6.17. The Morgan fingerprint density at radius 2 is 2.00 bits per heavy atom. The van der Waals surface area contributed by atoms with E-state index in [1.807, 2.05) is 0 Å². The molecular weight excluding hydrogens is 224 g/mol. The summed E-state index contributed by atoms with van der Waals surface area (Å²) >= 11 is 0. The molecule has 0 heterocycles. The van der Waals surface area contributed by atoms with Gasteiger partial charge < -0.3 is 10.1 Å². The Bertz CT molecular complexity index is 207. The molecule has 2 unspecified atom stereocenters. The van der Waals surface area contributed by atoms with Crippen molar-refractivity contribution < 1.29 is 4.74 Å². The normalized spacial score (nSPS) is 19.2. The fraction of sp³-hybridized carbons (Fsp3) is 1.00. The molecule has 0 aromatic rings. The minimum Gasteiger partial charge on any atom is -0.383 e. The Labute approximate surface area is 113 Å². The molecule has 0 aromatic carbocycles. The molecule has 108 valence electrons. The molecule has 3 heteroatoms. The van der Waals surface area contributed by atoms with E-state index in [0.29, 0.717) is 12.1 Å². The predicted molar refractivity (Wildman–Crippen MR) is 78.1 cm³/mol. The highest BCUT2D eigenvalue weighted by Gasteiger charge is 2.21. The Kier molecular flexibility index (Phi) is 7.87. The Hall–Kier alpha value is -0.120. The first-order valence-corrected chi connectivity index (χ1v) is 7.67. The van der Waals surface area contributed by atoms with Crippen molar-refractivity contribution in [1.29, 1.82) is 0 Å². The van der Waals surface area contributed by atoms with Gasteiger partial charge in [-0.15, -0.1) is 0 Å². The minimum atomic E-state index is 0.659. The lowest BCUT2D eigenvalue weighted by Crippen LogP contribution is -2.42. The molecule has 1 N–H and O–H groups in total. The van der Waals surface area contributed by atoms with Gasteiger partial charge in [-0.2, -0.15) is 0 Å². The third-order valence-electron chi connectivity index (χ3n) is 4.09. The lowest BCUT2D eigenvalue weighted by Gasteiger charge is -2.34. The summed E-state index contributed by atoms with van der Waals surface area (Å²) in [4.78, 5) is 2.60. The molecular formula is C15H32N2O. The summed E-state index contributed by atoms with van der Waals surface area (Å²) in [6.45, 7) is 10.0. The van der Waals surface area contributed by atoms with Gasteiger partial charge >= 0.3 is 0 Å². The van der Waals surface area contributed by atoms with Gasteiger partial charge in [0.25, 0.3) is 0 Å². The van der Waals surface area contributed by atoms with Crippen LogP contribution in [0.2, 0.25) is 0 Å². The maximum atomic E-state index is 5.23. The summed E-state index contributed by atoms with van der Waals surface area (Å²) < 4.78 is 5.23. The third-order valence-corrected chi connectivity index (χ3v) is 4.09. The van der Waals surface area contributed by atoms with E-state index >= 15 is 0 Å². The molecule has 2 atom stereocenters. The zero-order valence-electron chi connectivity index (χ0n) is 12.7. The van der Waals surface area contributed by atoms with Crippen molar-refractivity contribution in [2.45, 2.75) is 71.0 Å². The van der Waals surface area contributed by atoms with Gasteiger partial charge in [0, 0.05) is 31.8 Å². The monoisotopic (exact) mass is 256 g/mol.